The van der Waals surface area contributed by atoms with Gasteiger partial charge in [-0.15, -0.1) is 10.2 Å². The van der Waals surface area contributed by atoms with Gasteiger partial charge in [-0.05, 0) is 26.0 Å². The molecule has 0 saturated carbocycles. The molecule has 0 aliphatic heterocycles. The highest BCUT2D eigenvalue weighted by Gasteiger charge is 2.07. The van der Waals surface area contributed by atoms with Crippen LogP contribution in [0.25, 0.3) is 0 Å². The second-order valence-corrected chi connectivity index (χ2v) is 3.87. The Kier molecular flexibility index (Phi) is 4.07. The standard InChI is InChI=1S/C12H16N6O/c1-3-13-12(19)10-5-6-11(17-16-10)15-9-7-14-18(4-2)8-9/h5-8H,3-4H2,1-2H3,(H,13,19)(H,15,17). The summed E-state index contributed by atoms with van der Waals surface area (Å²) in [4.78, 5) is 11.5. The van der Waals surface area contributed by atoms with Crippen LogP contribution in [0.2, 0.25) is 0 Å². The summed E-state index contributed by atoms with van der Waals surface area (Å²) in [6.07, 6.45) is 3.59. The third kappa shape index (κ3) is 3.27. The molecule has 0 unspecified atom stereocenters. The number of aryl methyl sites for hydroxylation is 1. The van der Waals surface area contributed by atoms with Crippen LogP contribution in [0.15, 0.2) is 24.5 Å². The molecule has 0 bridgehead atoms. The second kappa shape index (κ2) is 5.94. The van der Waals surface area contributed by atoms with Crippen LogP contribution < -0.4 is 10.6 Å². The van der Waals surface area contributed by atoms with Crippen molar-refractivity contribution in [3.63, 3.8) is 0 Å². The van der Waals surface area contributed by atoms with Gasteiger partial charge >= 0.3 is 0 Å². The zero-order valence-corrected chi connectivity index (χ0v) is 10.9. The van der Waals surface area contributed by atoms with E-state index in [1.54, 1.807) is 23.0 Å². The molecule has 2 aromatic rings. The Labute approximate surface area is 111 Å². The van der Waals surface area contributed by atoms with E-state index in [2.05, 4.69) is 25.9 Å². The molecule has 2 aromatic heterocycles. The minimum absolute atomic E-state index is 0.222. The summed E-state index contributed by atoms with van der Waals surface area (Å²) >= 11 is 0. The topological polar surface area (TPSA) is 84.7 Å². The van der Waals surface area contributed by atoms with Gasteiger partial charge < -0.3 is 10.6 Å². The predicted octanol–water partition coefficient (Wildman–Crippen LogP) is 1.19. The van der Waals surface area contributed by atoms with Crippen LogP contribution in [-0.2, 0) is 6.54 Å². The van der Waals surface area contributed by atoms with Gasteiger partial charge in [0.2, 0.25) is 0 Å². The molecular weight excluding hydrogens is 244 g/mol. The Hall–Kier alpha value is -2.44. The number of aromatic nitrogens is 4. The summed E-state index contributed by atoms with van der Waals surface area (Å²) in [5.74, 6) is 0.351. The molecule has 7 nitrogen and oxygen atoms in total. The highest BCUT2D eigenvalue weighted by Crippen LogP contribution is 2.12. The quantitative estimate of drug-likeness (QED) is 0.843. The van der Waals surface area contributed by atoms with Gasteiger partial charge in [0, 0.05) is 19.3 Å². The lowest BCUT2D eigenvalue weighted by Crippen LogP contribution is -2.24. The van der Waals surface area contributed by atoms with E-state index in [1.807, 2.05) is 20.0 Å². The molecule has 0 aliphatic rings. The van der Waals surface area contributed by atoms with E-state index < -0.39 is 0 Å². The Morgan fingerprint density at radius 3 is 2.74 bits per heavy atom. The van der Waals surface area contributed by atoms with Crippen molar-refractivity contribution in [1.82, 2.24) is 25.3 Å². The lowest BCUT2D eigenvalue weighted by Gasteiger charge is -2.03. The van der Waals surface area contributed by atoms with Crippen LogP contribution in [0.4, 0.5) is 11.5 Å². The first-order chi connectivity index (χ1) is 9.22. The number of carbonyl (C=O) groups is 1. The number of amides is 1. The summed E-state index contributed by atoms with van der Waals surface area (Å²) in [5, 5.41) is 17.7. The Morgan fingerprint density at radius 2 is 2.16 bits per heavy atom. The summed E-state index contributed by atoms with van der Waals surface area (Å²) in [5.41, 5.74) is 1.14. The molecule has 0 aromatic carbocycles. The smallest absolute Gasteiger partial charge is 0.271 e. The molecule has 0 spiro atoms. The normalized spacial score (nSPS) is 10.2. The largest absolute Gasteiger partial charge is 0.351 e. The Balaban J connectivity index is 2.04. The Morgan fingerprint density at radius 1 is 1.32 bits per heavy atom. The summed E-state index contributed by atoms with van der Waals surface area (Å²) in [6.45, 7) is 5.24. The number of hydrogen-bond acceptors (Lipinski definition) is 5. The number of anilines is 2. The number of nitrogens with one attached hydrogen (secondary N) is 2. The van der Waals surface area contributed by atoms with Gasteiger partial charge in [0.15, 0.2) is 11.5 Å². The van der Waals surface area contributed by atoms with Crippen LogP contribution in [0.1, 0.15) is 24.3 Å². The van der Waals surface area contributed by atoms with Crippen molar-refractivity contribution < 1.29 is 4.79 Å². The van der Waals surface area contributed by atoms with E-state index in [9.17, 15) is 4.79 Å². The zero-order chi connectivity index (χ0) is 13.7. The first-order valence-corrected chi connectivity index (χ1v) is 6.14. The lowest BCUT2D eigenvalue weighted by molar-refractivity contribution is 0.0950. The number of hydrogen-bond donors (Lipinski definition) is 2. The third-order valence-electron chi connectivity index (χ3n) is 2.46. The molecular formula is C12H16N6O. The molecule has 2 N–H and O–H groups in total. The van der Waals surface area contributed by atoms with Crippen molar-refractivity contribution in [2.75, 3.05) is 11.9 Å². The lowest BCUT2D eigenvalue weighted by atomic mass is 10.3. The first kappa shape index (κ1) is 13.0. The molecule has 0 radical (unpaired) electrons. The number of carbonyl (C=O) groups excluding carboxylic acids is 1. The summed E-state index contributed by atoms with van der Waals surface area (Å²) in [7, 11) is 0. The molecule has 2 rings (SSSR count). The van der Waals surface area contributed by atoms with E-state index in [0.717, 1.165) is 12.2 Å². The molecule has 7 heteroatoms. The molecule has 1 amide bonds. The maximum absolute atomic E-state index is 11.5. The van der Waals surface area contributed by atoms with Gasteiger partial charge in [-0.3, -0.25) is 9.48 Å². The zero-order valence-electron chi connectivity index (χ0n) is 10.9. The molecule has 100 valence electrons. The average molecular weight is 260 g/mol. The van der Waals surface area contributed by atoms with Gasteiger partial charge in [0.25, 0.3) is 5.91 Å². The van der Waals surface area contributed by atoms with Crippen LogP contribution >= 0.6 is 0 Å². The van der Waals surface area contributed by atoms with Crippen LogP contribution in [-0.4, -0.2) is 32.4 Å². The molecule has 0 aliphatic carbocycles. The van der Waals surface area contributed by atoms with Gasteiger partial charge in [-0.2, -0.15) is 5.10 Å². The highest BCUT2D eigenvalue weighted by atomic mass is 16.1. The van der Waals surface area contributed by atoms with Crippen molar-refractivity contribution in [2.24, 2.45) is 0 Å². The van der Waals surface area contributed by atoms with Gasteiger partial charge in [0.05, 0.1) is 11.9 Å². The number of nitrogens with zero attached hydrogens (tertiary/aromatic N) is 4. The Bertz CT molecular complexity index is 548. The second-order valence-electron chi connectivity index (χ2n) is 3.87. The minimum atomic E-state index is -0.222. The summed E-state index contributed by atoms with van der Waals surface area (Å²) in [6, 6.07) is 3.34. The fraction of sp³-hybridized carbons (Fsp3) is 0.333. The van der Waals surface area contributed by atoms with Crippen molar-refractivity contribution >= 4 is 17.4 Å². The van der Waals surface area contributed by atoms with Crippen molar-refractivity contribution in [3.8, 4) is 0 Å². The number of rotatable bonds is 5. The van der Waals surface area contributed by atoms with Crippen LogP contribution in [0.5, 0.6) is 0 Å². The predicted molar refractivity (Wildman–Crippen MR) is 71.2 cm³/mol. The van der Waals surface area contributed by atoms with E-state index in [-0.39, 0.29) is 5.91 Å². The van der Waals surface area contributed by atoms with Crippen LogP contribution in [0, 0.1) is 0 Å². The van der Waals surface area contributed by atoms with Gasteiger partial charge in [0.1, 0.15) is 0 Å². The molecule has 0 fully saturated rings. The molecule has 2 heterocycles. The highest BCUT2D eigenvalue weighted by molar-refractivity contribution is 5.92. The van der Waals surface area contributed by atoms with Crippen LogP contribution in [0.3, 0.4) is 0 Å². The average Bonchev–Trinajstić information content (AvgIpc) is 2.87. The third-order valence-corrected chi connectivity index (χ3v) is 2.46. The maximum Gasteiger partial charge on any atom is 0.271 e. The molecule has 0 atom stereocenters. The van der Waals surface area contributed by atoms with E-state index in [0.29, 0.717) is 18.1 Å². The van der Waals surface area contributed by atoms with Crippen molar-refractivity contribution in [3.05, 3.63) is 30.2 Å². The summed E-state index contributed by atoms with van der Waals surface area (Å²) < 4.78 is 1.80. The first-order valence-electron chi connectivity index (χ1n) is 6.14. The van der Waals surface area contributed by atoms with Crippen molar-refractivity contribution in [2.45, 2.75) is 20.4 Å². The van der Waals surface area contributed by atoms with E-state index >= 15 is 0 Å². The molecule has 0 saturated heterocycles. The maximum atomic E-state index is 11.5. The SMILES string of the molecule is CCNC(=O)c1ccc(Nc2cnn(CC)c2)nn1. The molecule has 19 heavy (non-hydrogen) atoms. The van der Waals surface area contributed by atoms with E-state index in [1.165, 1.54) is 0 Å². The fourth-order valence-corrected chi connectivity index (χ4v) is 1.52. The fourth-order valence-electron chi connectivity index (χ4n) is 1.52. The van der Waals surface area contributed by atoms with E-state index in [4.69, 9.17) is 0 Å². The van der Waals surface area contributed by atoms with Gasteiger partial charge in [-0.25, -0.2) is 0 Å². The van der Waals surface area contributed by atoms with Crippen molar-refractivity contribution in [1.29, 1.82) is 0 Å². The van der Waals surface area contributed by atoms with Gasteiger partial charge in [-0.1, -0.05) is 0 Å². The monoisotopic (exact) mass is 260 g/mol. The minimum Gasteiger partial charge on any atom is -0.351 e.